The Labute approximate surface area is 100 Å². The molecular weight excluding hydrogens is 198 g/mol. The Morgan fingerprint density at radius 2 is 1.75 bits per heavy atom. The molecule has 1 fully saturated rings. The lowest BCUT2D eigenvalue weighted by Gasteiger charge is -2.41. The first-order valence-electron chi connectivity index (χ1n) is 6.59. The summed E-state index contributed by atoms with van der Waals surface area (Å²) in [7, 11) is 0. The second-order valence-corrected chi connectivity index (χ2v) is 6.50. The zero-order chi connectivity index (χ0) is 12.5. The van der Waals surface area contributed by atoms with E-state index < -0.39 is 0 Å². The van der Waals surface area contributed by atoms with Crippen molar-refractivity contribution in [3.8, 4) is 0 Å². The summed E-state index contributed by atoms with van der Waals surface area (Å²) >= 11 is 0. The third kappa shape index (κ3) is 3.23. The van der Waals surface area contributed by atoms with E-state index in [2.05, 4.69) is 32.6 Å². The van der Waals surface area contributed by atoms with Crippen LogP contribution in [0.3, 0.4) is 0 Å². The summed E-state index contributed by atoms with van der Waals surface area (Å²) in [5, 5.41) is 0. The zero-order valence-electron chi connectivity index (χ0n) is 11.7. The van der Waals surface area contributed by atoms with Gasteiger partial charge in [-0.1, -0.05) is 27.7 Å². The molecule has 1 aliphatic rings. The van der Waals surface area contributed by atoms with Crippen LogP contribution in [0.2, 0.25) is 0 Å². The number of carbonyl (C=O) groups is 1. The Kier molecular flexibility index (Phi) is 4.03. The molecule has 0 unspecified atom stereocenters. The Morgan fingerprint density at radius 3 is 2.06 bits per heavy atom. The van der Waals surface area contributed by atoms with Crippen LogP contribution in [0.1, 0.15) is 60.8 Å². The molecule has 2 heteroatoms. The first kappa shape index (κ1) is 13.5. The number of hydrogen-bond acceptors (Lipinski definition) is 1. The van der Waals surface area contributed by atoms with Crippen molar-refractivity contribution in [2.75, 3.05) is 0 Å². The lowest BCUT2D eigenvalue weighted by molar-refractivity contribution is -0.141. The maximum atomic E-state index is 12.3. The van der Waals surface area contributed by atoms with Crippen LogP contribution < -0.4 is 0 Å². The van der Waals surface area contributed by atoms with Gasteiger partial charge in [0.1, 0.15) is 0 Å². The maximum absolute atomic E-state index is 12.3. The van der Waals surface area contributed by atoms with Gasteiger partial charge in [0.15, 0.2) is 0 Å². The molecule has 0 atom stereocenters. The van der Waals surface area contributed by atoms with Gasteiger partial charge in [-0.25, -0.2) is 0 Å². The van der Waals surface area contributed by atoms with Gasteiger partial charge in [-0.15, -0.1) is 0 Å². The van der Waals surface area contributed by atoms with Gasteiger partial charge < -0.3 is 4.90 Å². The predicted molar refractivity (Wildman–Crippen MR) is 68.2 cm³/mol. The molecule has 1 saturated carbocycles. The highest BCUT2D eigenvalue weighted by Crippen LogP contribution is 2.36. The molecule has 0 spiro atoms. The smallest absolute Gasteiger partial charge is 0.225 e. The first-order valence-corrected chi connectivity index (χ1v) is 6.59. The van der Waals surface area contributed by atoms with Gasteiger partial charge in [0, 0.05) is 17.5 Å². The van der Waals surface area contributed by atoms with Crippen molar-refractivity contribution in [2.24, 2.45) is 11.8 Å². The highest BCUT2D eigenvalue weighted by molar-refractivity contribution is 5.79. The zero-order valence-corrected chi connectivity index (χ0v) is 11.7. The van der Waals surface area contributed by atoms with Gasteiger partial charge in [0.25, 0.3) is 0 Å². The van der Waals surface area contributed by atoms with Crippen molar-refractivity contribution in [3.63, 3.8) is 0 Å². The molecule has 0 saturated heterocycles. The molecule has 2 nitrogen and oxygen atoms in total. The molecule has 94 valence electrons. The molecule has 0 heterocycles. The lowest BCUT2D eigenvalue weighted by Crippen LogP contribution is -2.51. The second kappa shape index (κ2) is 4.77. The van der Waals surface area contributed by atoms with E-state index in [-0.39, 0.29) is 11.5 Å². The Morgan fingerprint density at radius 1 is 1.25 bits per heavy atom. The van der Waals surface area contributed by atoms with Crippen LogP contribution in [0.4, 0.5) is 0 Å². The fraction of sp³-hybridized carbons (Fsp3) is 0.929. The average Bonchev–Trinajstić information content (AvgIpc) is 2.84. The number of hydrogen-bond donors (Lipinski definition) is 0. The van der Waals surface area contributed by atoms with E-state index in [4.69, 9.17) is 0 Å². The van der Waals surface area contributed by atoms with Gasteiger partial charge in [-0.2, -0.15) is 0 Å². The molecule has 0 radical (unpaired) electrons. The largest absolute Gasteiger partial charge is 0.334 e. The topological polar surface area (TPSA) is 20.3 Å². The fourth-order valence-electron chi connectivity index (χ4n) is 2.68. The van der Waals surface area contributed by atoms with E-state index in [1.807, 2.05) is 13.8 Å². The SMILES string of the molecule is CC(C)CC(C)(C)N(C(=O)C(C)C)C1CC1. The van der Waals surface area contributed by atoms with Crippen LogP contribution in [0.5, 0.6) is 0 Å². The number of rotatable bonds is 5. The molecule has 0 aromatic carbocycles. The summed E-state index contributed by atoms with van der Waals surface area (Å²) < 4.78 is 0. The minimum atomic E-state index is 0.0106. The van der Waals surface area contributed by atoms with E-state index >= 15 is 0 Å². The Hall–Kier alpha value is -0.530. The molecule has 1 amide bonds. The van der Waals surface area contributed by atoms with E-state index in [0.29, 0.717) is 17.9 Å². The third-order valence-corrected chi connectivity index (χ3v) is 3.20. The number of amides is 1. The van der Waals surface area contributed by atoms with Crippen molar-refractivity contribution in [1.82, 2.24) is 4.90 Å². The summed E-state index contributed by atoms with van der Waals surface area (Å²) in [6.07, 6.45) is 3.47. The average molecular weight is 225 g/mol. The monoisotopic (exact) mass is 225 g/mol. The van der Waals surface area contributed by atoms with Gasteiger partial charge in [0.2, 0.25) is 5.91 Å². The number of carbonyl (C=O) groups excluding carboxylic acids is 1. The summed E-state index contributed by atoms with van der Waals surface area (Å²) in [6, 6.07) is 0.517. The van der Waals surface area contributed by atoms with Crippen LogP contribution in [0, 0.1) is 11.8 Å². The van der Waals surface area contributed by atoms with E-state index in [1.165, 1.54) is 12.8 Å². The van der Waals surface area contributed by atoms with Crippen molar-refractivity contribution < 1.29 is 4.79 Å². The molecule has 0 aromatic rings. The molecule has 0 N–H and O–H groups in total. The predicted octanol–water partition coefficient (Wildman–Crippen LogP) is 3.46. The minimum Gasteiger partial charge on any atom is -0.334 e. The van der Waals surface area contributed by atoms with Gasteiger partial charge in [0.05, 0.1) is 0 Å². The van der Waals surface area contributed by atoms with Gasteiger partial charge in [-0.05, 0) is 39.0 Å². The molecular formula is C14H27NO. The van der Waals surface area contributed by atoms with E-state index in [9.17, 15) is 4.79 Å². The fourth-order valence-corrected chi connectivity index (χ4v) is 2.68. The Balaban J connectivity index is 2.80. The number of nitrogens with zero attached hydrogens (tertiary/aromatic N) is 1. The summed E-state index contributed by atoms with van der Waals surface area (Å²) in [4.78, 5) is 14.4. The van der Waals surface area contributed by atoms with Crippen LogP contribution in [-0.4, -0.2) is 22.4 Å². The highest BCUT2D eigenvalue weighted by Gasteiger charge is 2.42. The van der Waals surface area contributed by atoms with Crippen molar-refractivity contribution in [3.05, 3.63) is 0 Å². The second-order valence-electron chi connectivity index (χ2n) is 6.50. The molecule has 0 aromatic heterocycles. The first-order chi connectivity index (χ1) is 7.25. The van der Waals surface area contributed by atoms with E-state index in [0.717, 1.165) is 6.42 Å². The van der Waals surface area contributed by atoms with Crippen molar-refractivity contribution in [1.29, 1.82) is 0 Å². The van der Waals surface area contributed by atoms with Crippen LogP contribution in [0.25, 0.3) is 0 Å². The van der Waals surface area contributed by atoms with Gasteiger partial charge in [-0.3, -0.25) is 4.79 Å². The maximum Gasteiger partial charge on any atom is 0.225 e. The summed E-state index contributed by atoms with van der Waals surface area (Å²) in [5.41, 5.74) is 0.0106. The van der Waals surface area contributed by atoms with Crippen LogP contribution in [-0.2, 0) is 4.79 Å². The van der Waals surface area contributed by atoms with E-state index in [1.54, 1.807) is 0 Å². The highest BCUT2D eigenvalue weighted by atomic mass is 16.2. The normalized spacial score (nSPS) is 17.0. The molecule has 1 rings (SSSR count). The Bertz CT molecular complexity index is 251. The van der Waals surface area contributed by atoms with Crippen LogP contribution in [0.15, 0.2) is 0 Å². The molecule has 0 bridgehead atoms. The summed E-state index contributed by atoms with van der Waals surface area (Å²) in [6.45, 7) is 12.9. The quantitative estimate of drug-likeness (QED) is 0.701. The van der Waals surface area contributed by atoms with Gasteiger partial charge >= 0.3 is 0 Å². The molecule has 1 aliphatic carbocycles. The van der Waals surface area contributed by atoms with Crippen molar-refractivity contribution >= 4 is 5.91 Å². The molecule has 0 aliphatic heterocycles. The molecule has 16 heavy (non-hydrogen) atoms. The summed E-state index contributed by atoms with van der Waals surface area (Å²) in [5.74, 6) is 1.08. The van der Waals surface area contributed by atoms with Crippen molar-refractivity contribution in [2.45, 2.75) is 72.4 Å². The lowest BCUT2D eigenvalue weighted by atomic mass is 9.89. The van der Waals surface area contributed by atoms with Crippen LogP contribution >= 0.6 is 0 Å². The standard InChI is InChI=1S/C14H27NO/c1-10(2)9-14(5,6)15(12-7-8-12)13(16)11(3)4/h10-12H,7-9H2,1-6H3. The minimum absolute atomic E-state index is 0.0106. The third-order valence-electron chi connectivity index (χ3n) is 3.20.